The van der Waals surface area contributed by atoms with E-state index in [-0.39, 0.29) is 56.4 Å². The molecule has 0 amide bonds. The Bertz CT molecular complexity index is 1620. The number of rotatable bonds is 2. The van der Waals surface area contributed by atoms with Crippen molar-refractivity contribution in [2.45, 2.75) is 5.41 Å². The van der Waals surface area contributed by atoms with Crippen molar-refractivity contribution in [1.82, 2.24) is 0 Å². The zero-order valence-corrected chi connectivity index (χ0v) is 18.4. The van der Waals surface area contributed by atoms with Crippen molar-refractivity contribution >= 4 is 23.1 Å². The zero-order valence-electron chi connectivity index (χ0n) is 18.4. The van der Waals surface area contributed by atoms with Gasteiger partial charge in [0, 0.05) is 34.4 Å². The number of phenolic OH excluding ortho intramolecular Hbond substituents is 3. The molecule has 1 atom stereocenters. The minimum Gasteiger partial charge on any atom is -0.508 e. The fraction of sp³-hybridized carbons (Fsp3) is 0.0357. The number of carbonyl (C=O) groups is 3. The summed E-state index contributed by atoms with van der Waals surface area (Å²) in [5.41, 5.74) is -1.30. The molecule has 36 heavy (non-hydrogen) atoms. The Morgan fingerprint density at radius 1 is 0.694 bits per heavy atom. The number of ether oxygens (including phenoxy) is 1. The number of esters is 1. The molecule has 1 heterocycles. The van der Waals surface area contributed by atoms with Crippen LogP contribution in [0.25, 0.3) is 5.57 Å². The van der Waals surface area contributed by atoms with Gasteiger partial charge in [-0.3, -0.25) is 9.59 Å². The molecule has 8 heteroatoms. The molecule has 2 aliphatic carbocycles. The smallest absolute Gasteiger partial charge is 0.331 e. The van der Waals surface area contributed by atoms with Gasteiger partial charge in [0.15, 0.2) is 11.6 Å². The van der Waals surface area contributed by atoms with Gasteiger partial charge >= 0.3 is 5.97 Å². The maximum Gasteiger partial charge on any atom is 0.331 e. The maximum absolute atomic E-state index is 14.1. The number of allylic oxidation sites excluding steroid dienone is 4. The number of phenols is 3. The third-order valence-electron chi connectivity index (χ3n) is 6.64. The van der Waals surface area contributed by atoms with Gasteiger partial charge in [-0.05, 0) is 53.1 Å². The Labute approximate surface area is 203 Å². The predicted molar refractivity (Wildman–Crippen MR) is 126 cm³/mol. The molecule has 1 aliphatic heterocycles. The Hall–Kier alpha value is -5.11. The van der Waals surface area contributed by atoms with Crippen molar-refractivity contribution in [1.29, 1.82) is 0 Å². The van der Waals surface area contributed by atoms with E-state index in [1.165, 1.54) is 66.7 Å². The van der Waals surface area contributed by atoms with Gasteiger partial charge < -0.3 is 25.2 Å². The molecule has 3 aliphatic rings. The van der Waals surface area contributed by atoms with E-state index in [1.807, 2.05) is 0 Å². The van der Waals surface area contributed by atoms with Crippen LogP contribution in [0.15, 0.2) is 89.7 Å². The number of carbonyl (C=O) groups excluding carboxylic acids is 3. The summed E-state index contributed by atoms with van der Waals surface area (Å²) in [6, 6.07) is 13.7. The molecule has 0 fully saturated rings. The van der Waals surface area contributed by atoms with Crippen molar-refractivity contribution in [3.63, 3.8) is 0 Å². The summed E-state index contributed by atoms with van der Waals surface area (Å²) >= 11 is 0. The van der Waals surface area contributed by atoms with Crippen LogP contribution in [0.4, 0.5) is 0 Å². The van der Waals surface area contributed by atoms with Crippen LogP contribution in [-0.2, 0) is 15.0 Å². The summed E-state index contributed by atoms with van der Waals surface area (Å²) in [5, 5.41) is 41.1. The summed E-state index contributed by atoms with van der Waals surface area (Å²) in [5.74, 6) is -3.13. The first kappa shape index (κ1) is 21.4. The minimum absolute atomic E-state index is 0.0165. The van der Waals surface area contributed by atoms with Crippen molar-refractivity contribution in [3.8, 4) is 23.0 Å². The summed E-state index contributed by atoms with van der Waals surface area (Å²) in [4.78, 5) is 40.6. The van der Waals surface area contributed by atoms with Crippen molar-refractivity contribution in [2.75, 3.05) is 0 Å². The molecule has 0 saturated carbocycles. The van der Waals surface area contributed by atoms with Gasteiger partial charge in [0.25, 0.3) is 0 Å². The standard InChI is InChI=1S/C28H16O8/c29-15-5-1-13(2-6-15)23-24-20(10-18(32)11-21(24)33)28(14-3-7-16(30)8-4-14)25-19(26(23)34)9-17(31)12-22(25)36-27(28)35/h1-12,29-31,33H/t28-/m0/s1. The minimum atomic E-state index is -1.87. The van der Waals surface area contributed by atoms with Crippen LogP contribution >= 0.6 is 0 Å². The molecule has 0 aromatic heterocycles. The lowest BCUT2D eigenvalue weighted by atomic mass is 9.66. The molecule has 0 spiro atoms. The van der Waals surface area contributed by atoms with E-state index in [0.717, 1.165) is 6.08 Å². The fourth-order valence-corrected chi connectivity index (χ4v) is 5.21. The first-order chi connectivity index (χ1) is 17.2. The molecule has 6 rings (SSSR count). The molecule has 3 aromatic rings. The fourth-order valence-electron chi connectivity index (χ4n) is 5.21. The topological polar surface area (TPSA) is 141 Å². The highest BCUT2D eigenvalue weighted by Crippen LogP contribution is 2.58. The SMILES string of the molecule is O=C1C=C(O)C2=C(c3ccc(O)cc3)C(=O)c3cc(O)cc4c3[C@@](c3ccc(O)cc3)(C(=O)O4)C2=C1. The summed E-state index contributed by atoms with van der Waals surface area (Å²) in [7, 11) is 0. The largest absolute Gasteiger partial charge is 0.508 e. The average Bonchev–Trinajstić information content (AvgIpc) is 3.08. The van der Waals surface area contributed by atoms with Crippen LogP contribution in [0.2, 0.25) is 0 Å². The number of ketones is 2. The number of aromatic hydroxyl groups is 3. The molecule has 4 N–H and O–H groups in total. The number of benzene rings is 3. The molecule has 8 nitrogen and oxygen atoms in total. The second kappa shape index (κ2) is 7.19. The van der Waals surface area contributed by atoms with Crippen LogP contribution in [0.1, 0.15) is 27.0 Å². The molecule has 3 aromatic carbocycles. The first-order valence-corrected chi connectivity index (χ1v) is 10.9. The molecule has 0 unspecified atom stereocenters. The molecule has 176 valence electrons. The van der Waals surface area contributed by atoms with E-state index in [1.54, 1.807) is 0 Å². The van der Waals surface area contributed by atoms with Crippen LogP contribution in [0.5, 0.6) is 23.0 Å². The Morgan fingerprint density at radius 3 is 2.00 bits per heavy atom. The van der Waals surface area contributed by atoms with Gasteiger partial charge in [-0.2, -0.15) is 0 Å². The predicted octanol–water partition coefficient (Wildman–Crippen LogP) is 3.61. The van der Waals surface area contributed by atoms with Gasteiger partial charge in [0.1, 0.15) is 34.2 Å². The van der Waals surface area contributed by atoms with Crippen LogP contribution in [-0.4, -0.2) is 38.0 Å². The average molecular weight is 480 g/mol. The van der Waals surface area contributed by atoms with E-state index >= 15 is 0 Å². The maximum atomic E-state index is 14.1. The molecule has 0 bridgehead atoms. The molecular weight excluding hydrogens is 464 g/mol. The number of fused-ring (bicyclic) bond motifs is 2. The van der Waals surface area contributed by atoms with Gasteiger partial charge in [-0.1, -0.05) is 24.3 Å². The van der Waals surface area contributed by atoms with Crippen LogP contribution in [0.3, 0.4) is 0 Å². The normalized spacial score (nSPS) is 20.3. The second-order valence-corrected chi connectivity index (χ2v) is 8.67. The van der Waals surface area contributed by atoms with Crippen molar-refractivity contribution < 1.29 is 39.5 Å². The third-order valence-corrected chi connectivity index (χ3v) is 6.64. The van der Waals surface area contributed by atoms with E-state index in [0.29, 0.717) is 5.56 Å². The quantitative estimate of drug-likeness (QED) is 0.322. The summed E-state index contributed by atoms with van der Waals surface area (Å²) in [6.07, 6.45) is 2.12. The lowest BCUT2D eigenvalue weighted by molar-refractivity contribution is -0.135. The second-order valence-electron chi connectivity index (χ2n) is 8.67. The van der Waals surface area contributed by atoms with Crippen molar-refractivity contribution in [2.24, 2.45) is 0 Å². The Kier molecular flexibility index (Phi) is 4.28. The van der Waals surface area contributed by atoms with E-state index in [2.05, 4.69) is 0 Å². The highest BCUT2D eigenvalue weighted by Gasteiger charge is 2.59. The lowest BCUT2D eigenvalue weighted by Crippen LogP contribution is -2.39. The Balaban J connectivity index is 1.83. The van der Waals surface area contributed by atoms with E-state index in [9.17, 15) is 34.8 Å². The van der Waals surface area contributed by atoms with Gasteiger partial charge in [-0.25, -0.2) is 4.79 Å². The highest BCUT2D eigenvalue weighted by atomic mass is 16.5. The van der Waals surface area contributed by atoms with E-state index < -0.39 is 28.7 Å². The molecule has 0 radical (unpaired) electrons. The number of Topliss-reactive ketones (excluding diaryl/α,β-unsaturated/α-hetero) is 1. The zero-order chi connectivity index (χ0) is 25.4. The molecular formula is C28H16O8. The van der Waals surface area contributed by atoms with Gasteiger partial charge in [0.05, 0.1) is 0 Å². The van der Waals surface area contributed by atoms with Crippen LogP contribution in [0, 0.1) is 0 Å². The number of hydrogen-bond donors (Lipinski definition) is 4. The lowest BCUT2D eigenvalue weighted by Gasteiger charge is -2.32. The number of aliphatic hydroxyl groups is 1. The first-order valence-electron chi connectivity index (χ1n) is 10.9. The van der Waals surface area contributed by atoms with Gasteiger partial charge in [-0.15, -0.1) is 0 Å². The van der Waals surface area contributed by atoms with Crippen LogP contribution < -0.4 is 4.74 Å². The summed E-state index contributed by atoms with van der Waals surface area (Å²) in [6.45, 7) is 0. The third kappa shape index (κ3) is 2.72. The van der Waals surface area contributed by atoms with Gasteiger partial charge in [0.2, 0.25) is 0 Å². The Morgan fingerprint density at radius 2 is 1.33 bits per heavy atom. The molecule has 0 saturated heterocycles. The monoisotopic (exact) mass is 480 g/mol. The van der Waals surface area contributed by atoms with E-state index in [4.69, 9.17) is 4.74 Å². The highest BCUT2D eigenvalue weighted by molar-refractivity contribution is 6.34. The summed E-state index contributed by atoms with van der Waals surface area (Å²) < 4.78 is 5.56. The number of aliphatic hydroxyl groups excluding tert-OH is 1. The van der Waals surface area contributed by atoms with Crippen molar-refractivity contribution in [3.05, 3.63) is 112 Å². The number of hydrogen-bond acceptors (Lipinski definition) is 8.